The maximum Gasteiger partial charge on any atom is 0.191 e. The molecule has 0 unspecified atom stereocenters. The molecule has 142 valence electrons. The van der Waals surface area contributed by atoms with Gasteiger partial charge in [-0.25, -0.2) is 9.67 Å². The Morgan fingerprint density at radius 2 is 2.00 bits per heavy atom. The van der Waals surface area contributed by atoms with Crippen molar-refractivity contribution in [3.63, 3.8) is 0 Å². The van der Waals surface area contributed by atoms with E-state index in [4.69, 9.17) is 4.99 Å². The van der Waals surface area contributed by atoms with E-state index in [9.17, 15) is 0 Å². The predicted octanol–water partition coefficient (Wildman–Crippen LogP) is 2.44. The van der Waals surface area contributed by atoms with Crippen molar-refractivity contribution in [1.82, 2.24) is 30.2 Å². The number of guanidine groups is 1. The van der Waals surface area contributed by atoms with Crippen LogP contribution in [-0.4, -0.2) is 38.6 Å². The number of hydrogen-bond acceptors (Lipinski definition) is 3. The number of aryl methyl sites for hydroxylation is 2. The Kier molecular flexibility index (Phi) is 6.25. The molecule has 0 saturated carbocycles. The van der Waals surface area contributed by atoms with Gasteiger partial charge in [0.15, 0.2) is 5.96 Å². The Bertz CT molecular complexity index is 878. The molecule has 0 aliphatic heterocycles. The van der Waals surface area contributed by atoms with Gasteiger partial charge in [-0.15, -0.1) is 0 Å². The van der Waals surface area contributed by atoms with Crippen LogP contribution in [0.2, 0.25) is 0 Å². The van der Waals surface area contributed by atoms with Crippen molar-refractivity contribution in [3.8, 4) is 5.69 Å². The van der Waals surface area contributed by atoms with Gasteiger partial charge in [0, 0.05) is 31.2 Å². The van der Waals surface area contributed by atoms with Crippen LogP contribution in [0.5, 0.6) is 0 Å². The van der Waals surface area contributed by atoms with Crippen LogP contribution in [0.25, 0.3) is 5.69 Å². The van der Waals surface area contributed by atoms with Gasteiger partial charge >= 0.3 is 0 Å². The van der Waals surface area contributed by atoms with Crippen molar-refractivity contribution in [2.24, 2.45) is 4.99 Å². The number of rotatable bonds is 7. The zero-order valence-corrected chi connectivity index (χ0v) is 16.2. The summed E-state index contributed by atoms with van der Waals surface area (Å²) in [5.74, 6) is 0.799. The maximum absolute atomic E-state index is 4.75. The smallest absolute Gasteiger partial charge is 0.191 e. The standard InChI is InChI=1S/C20H27N7/c1-4-21-20(22-11-13-26-12-7-10-24-26)23-15-18-8-5-6-9-19(18)27-17(3)14-16(2)25-27/h5-10,12,14H,4,11,13,15H2,1-3H3,(H2,21,22,23). The Hall–Kier alpha value is -3.09. The van der Waals surface area contributed by atoms with Crippen LogP contribution in [0.1, 0.15) is 23.9 Å². The molecule has 3 aromatic rings. The zero-order chi connectivity index (χ0) is 19.1. The quantitative estimate of drug-likeness (QED) is 0.498. The second kappa shape index (κ2) is 9.02. The minimum absolute atomic E-state index is 0.575. The van der Waals surface area contributed by atoms with Gasteiger partial charge in [0.1, 0.15) is 0 Å². The minimum Gasteiger partial charge on any atom is -0.357 e. The van der Waals surface area contributed by atoms with Gasteiger partial charge in [0.2, 0.25) is 0 Å². The Morgan fingerprint density at radius 1 is 1.15 bits per heavy atom. The molecule has 2 heterocycles. The summed E-state index contributed by atoms with van der Waals surface area (Å²) in [5, 5.41) is 15.5. The minimum atomic E-state index is 0.575. The zero-order valence-electron chi connectivity index (χ0n) is 16.2. The normalized spacial score (nSPS) is 11.6. The molecule has 0 aliphatic carbocycles. The summed E-state index contributed by atoms with van der Waals surface area (Å²) in [7, 11) is 0. The molecule has 0 amide bonds. The lowest BCUT2D eigenvalue weighted by atomic mass is 10.2. The van der Waals surface area contributed by atoms with Gasteiger partial charge in [-0.2, -0.15) is 10.2 Å². The molecule has 0 fully saturated rings. The fraction of sp³-hybridized carbons (Fsp3) is 0.350. The average Bonchev–Trinajstić information content (AvgIpc) is 3.29. The molecule has 7 nitrogen and oxygen atoms in total. The second-order valence-electron chi connectivity index (χ2n) is 6.36. The molecule has 0 aliphatic rings. The molecule has 3 rings (SSSR count). The number of nitrogens with one attached hydrogen (secondary N) is 2. The number of para-hydroxylation sites is 1. The second-order valence-corrected chi connectivity index (χ2v) is 6.36. The van der Waals surface area contributed by atoms with Crippen LogP contribution in [0.4, 0.5) is 0 Å². The summed E-state index contributed by atoms with van der Waals surface area (Å²) in [6.07, 6.45) is 3.74. The fourth-order valence-corrected chi connectivity index (χ4v) is 2.95. The predicted molar refractivity (Wildman–Crippen MR) is 108 cm³/mol. The van der Waals surface area contributed by atoms with Gasteiger partial charge in [-0.3, -0.25) is 4.68 Å². The number of benzene rings is 1. The first-order valence-electron chi connectivity index (χ1n) is 9.28. The highest BCUT2D eigenvalue weighted by molar-refractivity contribution is 5.79. The lowest BCUT2D eigenvalue weighted by Crippen LogP contribution is -2.38. The first-order chi connectivity index (χ1) is 13.2. The first kappa shape index (κ1) is 18.7. The number of hydrogen-bond donors (Lipinski definition) is 2. The van der Waals surface area contributed by atoms with Gasteiger partial charge in [0.05, 0.1) is 24.5 Å². The van der Waals surface area contributed by atoms with Crippen LogP contribution in [-0.2, 0) is 13.1 Å². The molecule has 0 atom stereocenters. The fourth-order valence-electron chi connectivity index (χ4n) is 2.95. The topological polar surface area (TPSA) is 72.1 Å². The lowest BCUT2D eigenvalue weighted by molar-refractivity contribution is 0.598. The maximum atomic E-state index is 4.75. The molecule has 0 saturated heterocycles. The summed E-state index contributed by atoms with van der Waals surface area (Å²) in [6, 6.07) is 12.3. The highest BCUT2D eigenvalue weighted by Crippen LogP contribution is 2.17. The van der Waals surface area contributed by atoms with E-state index in [0.717, 1.165) is 48.2 Å². The van der Waals surface area contributed by atoms with E-state index in [2.05, 4.69) is 52.9 Å². The van der Waals surface area contributed by atoms with Crippen LogP contribution in [0.15, 0.2) is 53.8 Å². The summed E-state index contributed by atoms with van der Waals surface area (Å²) >= 11 is 0. The van der Waals surface area contributed by atoms with Gasteiger partial charge < -0.3 is 10.6 Å². The third-order valence-electron chi connectivity index (χ3n) is 4.17. The highest BCUT2D eigenvalue weighted by Gasteiger charge is 2.08. The summed E-state index contributed by atoms with van der Waals surface area (Å²) in [4.78, 5) is 4.75. The van der Waals surface area contributed by atoms with Crippen molar-refractivity contribution in [2.45, 2.75) is 33.9 Å². The van der Waals surface area contributed by atoms with Gasteiger partial charge in [-0.05, 0) is 44.5 Å². The molecule has 1 aromatic carbocycles. The number of aliphatic imine (C=N–C) groups is 1. The van der Waals surface area contributed by atoms with E-state index < -0.39 is 0 Å². The van der Waals surface area contributed by atoms with Gasteiger partial charge in [-0.1, -0.05) is 18.2 Å². The highest BCUT2D eigenvalue weighted by atomic mass is 15.3. The van der Waals surface area contributed by atoms with Crippen LogP contribution < -0.4 is 10.6 Å². The molecule has 0 radical (unpaired) electrons. The van der Waals surface area contributed by atoms with E-state index in [-0.39, 0.29) is 0 Å². The molecule has 0 spiro atoms. The van der Waals surface area contributed by atoms with Crippen molar-refractivity contribution < 1.29 is 0 Å². The van der Waals surface area contributed by atoms with Crippen molar-refractivity contribution in [1.29, 1.82) is 0 Å². The summed E-state index contributed by atoms with van der Waals surface area (Å²) < 4.78 is 3.88. The molecule has 2 N–H and O–H groups in total. The van der Waals surface area contributed by atoms with E-state index in [1.54, 1.807) is 6.20 Å². The average molecular weight is 365 g/mol. The molecular weight excluding hydrogens is 338 g/mol. The van der Waals surface area contributed by atoms with Crippen LogP contribution in [0, 0.1) is 13.8 Å². The third kappa shape index (κ3) is 4.97. The third-order valence-corrected chi connectivity index (χ3v) is 4.17. The number of nitrogens with zero attached hydrogens (tertiary/aromatic N) is 5. The lowest BCUT2D eigenvalue weighted by Gasteiger charge is -2.13. The Balaban J connectivity index is 1.71. The van der Waals surface area contributed by atoms with E-state index in [1.807, 2.05) is 40.7 Å². The van der Waals surface area contributed by atoms with Crippen LogP contribution in [0.3, 0.4) is 0 Å². The van der Waals surface area contributed by atoms with Crippen molar-refractivity contribution in [3.05, 3.63) is 65.7 Å². The van der Waals surface area contributed by atoms with Crippen LogP contribution >= 0.6 is 0 Å². The Morgan fingerprint density at radius 3 is 2.70 bits per heavy atom. The summed E-state index contributed by atoms with van der Waals surface area (Å²) in [6.45, 7) is 9.08. The summed E-state index contributed by atoms with van der Waals surface area (Å²) in [5.41, 5.74) is 4.33. The SMILES string of the molecule is CCNC(=NCc1ccccc1-n1nc(C)cc1C)NCCn1cccn1. The largest absolute Gasteiger partial charge is 0.357 e. The monoisotopic (exact) mass is 365 g/mol. The van der Waals surface area contributed by atoms with Crippen molar-refractivity contribution in [2.75, 3.05) is 13.1 Å². The molecule has 2 aromatic heterocycles. The molecular formula is C20H27N7. The molecule has 27 heavy (non-hydrogen) atoms. The van der Waals surface area contributed by atoms with E-state index in [1.165, 1.54) is 0 Å². The van der Waals surface area contributed by atoms with E-state index in [0.29, 0.717) is 6.54 Å². The van der Waals surface area contributed by atoms with E-state index >= 15 is 0 Å². The molecule has 7 heteroatoms. The first-order valence-corrected chi connectivity index (χ1v) is 9.28. The molecule has 0 bridgehead atoms. The van der Waals surface area contributed by atoms with Crippen molar-refractivity contribution >= 4 is 5.96 Å². The Labute approximate surface area is 160 Å². The number of aromatic nitrogens is 4. The van der Waals surface area contributed by atoms with Gasteiger partial charge in [0.25, 0.3) is 0 Å².